The molecule has 0 bridgehead atoms. The molecule has 0 aliphatic carbocycles. The topological polar surface area (TPSA) is 95.5 Å². The average Bonchev–Trinajstić information content (AvgIpc) is 2.84. The number of hydrogen-bond acceptors (Lipinski definition) is 7. The minimum absolute atomic E-state index is 0.160. The third-order valence-electron chi connectivity index (χ3n) is 4.88. The van der Waals surface area contributed by atoms with Crippen molar-refractivity contribution in [3.63, 3.8) is 0 Å². The van der Waals surface area contributed by atoms with Crippen molar-refractivity contribution in [2.24, 2.45) is 5.10 Å². The highest BCUT2D eigenvalue weighted by molar-refractivity contribution is 5.92. The summed E-state index contributed by atoms with van der Waals surface area (Å²) >= 11 is 0. The SMILES string of the molecule is COc1ccc(C(=O)Oc2ccc(/C=N\NC(=O)COc3c(C)cccc3C)cc2OC)cc1. The van der Waals surface area contributed by atoms with Crippen LogP contribution in [0.2, 0.25) is 0 Å². The second-order valence-electron chi connectivity index (χ2n) is 7.33. The summed E-state index contributed by atoms with van der Waals surface area (Å²) in [5.41, 5.74) is 5.34. The van der Waals surface area contributed by atoms with Crippen LogP contribution in [-0.4, -0.2) is 38.9 Å². The minimum Gasteiger partial charge on any atom is -0.497 e. The van der Waals surface area contributed by atoms with E-state index >= 15 is 0 Å². The van der Waals surface area contributed by atoms with Crippen LogP contribution in [0, 0.1) is 13.8 Å². The Hall–Kier alpha value is -4.33. The number of ether oxygens (including phenoxy) is 4. The third kappa shape index (κ3) is 6.35. The van der Waals surface area contributed by atoms with Crippen molar-refractivity contribution in [3.05, 3.63) is 82.9 Å². The molecule has 0 saturated carbocycles. The number of carbonyl (C=O) groups is 2. The molecule has 1 N–H and O–H groups in total. The van der Waals surface area contributed by atoms with Crippen molar-refractivity contribution < 1.29 is 28.5 Å². The van der Waals surface area contributed by atoms with Gasteiger partial charge in [-0.25, -0.2) is 10.2 Å². The molecule has 3 aromatic rings. The summed E-state index contributed by atoms with van der Waals surface area (Å²) in [7, 11) is 3.02. The Balaban J connectivity index is 1.57. The molecule has 0 fully saturated rings. The molecule has 34 heavy (non-hydrogen) atoms. The molecule has 1 amide bonds. The van der Waals surface area contributed by atoms with Crippen molar-refractivity contribution in [1.82, 2.24) is 5.43 Å². The monoisotopic (exact) mass is 462 g/mol. The zero-order valence-electron chi connectivity index (χ0n) is 19.5. The molecule has 8 heteroatoms. The van der Waals surface area contributed by atoms with E-state index in [0.717, 1.165) is 11.1 Å². The van der Waals surface area contributed by atoms with Crippen LogP contribution < -0.4 is 24.4 Å². The van der Waals surface area contributed by atoms with Gasteiger partial charge in [0.25, 0.3) is 5.91 Å². The summed E-state index contributed by atoms with van der Waals surface area (Å²) in [6.07, 6.45) is 1.45. The summed E-state index contributed by atoms with van der Waals surface area (Å²) in [6, 6.07) is 17.3. The molecule has 0 unspecified atom stereocenters. The number of amides is 1. The molecule has 8 nitrogen and oxygen atoms in total. The van der Waals surface area contributed by atoms with Crippen molar-refractivity contribution in [2.45, 2.75) is 13.8 Å². The Morgan fingerprint density at radius 3 is 2.26 bits per heavy atom. The Morgan fingerprint density at radius 2 is 1.62 bits per heavy atom. The molecule has 3 aromatic carbocycles. The lowest BCUT2D eigenvalue weighted by molar-refractivity contribution is -0.123. The second-order valence-corrected chi connectivity index (χ2v) is 7.33. The standard InChI is InChI=1S/C26H26N2O6/c1-17-6-5-7-18(2)25(17)33-16-24(29)28-27-15-19-8-13-22(23(14-19)32-4)34-26(30)20-9-11-21(31-3)12-10-20/h5-15H,16H2,1-4H3,(H,28,29)/b27-15-. The van der Waals surface area contributed by atoms with Gasteiger partial charge >= 0.3 is 5.97 Å². The maximum absolute atomic E-state index is 12.4. The predicted octanol–water partition coefficient (Wildman–Crippen LogP) is 4.07. The number of aryl methyl sites for hydroxylation is 2. The van der Waals surface area contributed by atoms with Gasteiger partial charge in [-0.3, -0.25) is 4.79 Å². The summed E-state index contributed by atoms with van der Waals surface area (Å²) < 4.78 is 21.5. The number of nitrogens with one attached hydrogen (secondary N) is 1. The van der Waals surface area contributed by atoms with Crippen molar-refractivity contribution in [3.8, 4) is 23.0 Å². The first-order chi connectivity index (χ1) is 16.4. The van der Waals surface area contributed by atoms with Gasteiger partial charge in [0.2, 0.25) is 0 Å². The van der Waals surface area contributed by atoms with Crippen molar-refractivity contribution in [1.29, 1.82) is 0 Å². The average molecular weight is 463 g/mol. The Kier molecular flexibility index (Phi) is 8.23. The highest BCUT2D eigenvalue weighted by atomic mass is 16.6. The van der Waals surface area contributed by atoms with Crippen molar-refractivity contribution >= 4 is 18.1 Å². The lowest BCUT2D eigenvalue weighted by atomic mass is 10.1. The van der Waals surface area contributed by atoms with Crippen LogP contribution in [0.3, 0.4) is 0 Å². The fraction of sp³-hybridized carbons (Fsp3) is 0.192. The van der Waals surface area contributed by atoms with Crippen LogP contribution >= 0.6 is 0 Å². The molecule has 0 spiro atoms. The van der Waals surface area contributed by atoms with Gasteiger partial charge in [0.15, 0.2) is 18.1 Å². The van der Waals surface area contributed by atoms with Crippen LogP contribution in [0.1, 0.15) is 27.0 Å². The summed E-state index contributed by atoms with van der Waals surface area (Å²) in [5.74, 6) is 1.00. The highest BCUT2D eigenvalue weighted by Crippen LogP contribution is 2.28. The first-order valence-corrected chi connectivity index (χ1v) is 10.5. The molecule has 0 saturated heterocycles. The molecule has 0 atom stereocenters. The summed E-state index contributed by atoms with van der Waals surface area (Å²) in [5, 5.41) is 3.95. The second kappa shape index (κ2) is 11.5. The van der Waals surface area contributed by atoms with E-state index in [0.29, 0.717) is 28.4 Å². The van der Waals surface area contributed by atoms with Crippen molar-refractivity contribution in [2.75, 3.05) is 20.8 Å². The minimum atomic E-state index is -0.529. The summed E-state index contributed by atoms with van der Waals surface area (Å²) in [6.45, 7) is 3.68. The van der Waals surface area contributed by atoms with E-state index in [1.54, 1.807) is 49.6 Å². The first-order valence-electron chi connectivity index (χ1n) is 10.5. The molecule has 0 aromatic heterocycles. The van der Waals surface area contributed by atoms with E-state index < -0.39 is 11.9 Å². The molecule has 0 heterocycles. The molecule has 0 aliphatic heterocycles. The van der Waals surface area contributed by atoms with Gasteiger partial charge in [-0.1, -0.05) is 18.2 Å². The summed E-state index contributed by atoms with van der Waals surface area (Å²) in [4.78, 5) is 24.5. The zero-order chi connectivity index (χ0) is 24.5. The molecule has 0 radical (unpaired) electrons. The van der Waals surface area contributed by atoms with E-state index in [9.17, 15) is 9.59 Å². The number of nitrogens with zero attached hydrogens (tertiary/aromatic N) is 1. The third-order valence-corrected chi connectivity index (χ3v) is 4.88. The normalized spacial score (nSPS) is 10.6. The molecular formula is C26H26N2O6. The number of para-hydroxylation sites is 1. The number of hydrazone groups is 1. The molecular weight excluding hydrogens is 436 g/mol. The zero-order valence-corrected chi connectivity index (χ0v) is 19.5. The van der Waals surface area contributed by atoms with E-state index in [1.165, 1.54) is 13.3 Å². The fourth-order valence-electron chi connectivity index (χ4n) is 3.11. The van der Waals surface area contributed by atoms with E-state index in [1.807, 2.05) is 32.0 Å². The Bertz CT molecular complexity index is 1170. The maximum Gasteiger partial charge on any atom is 0.343 e. The van der Waals surface area contributed by atoms with Gasteiger partial charge in [0.05, 0.1) is 26.0 Å². The molecule has 3 rings (SSSR count). The van der Waals surface area contributed by atoms with Gasteiger partial charge < -0.3 is 18.9 Å². The quantitative estimate of drug-likeness (QED) is 0.223. The lowest BCUT2D eigenvalue weighted by Crippen LogP contribution is -2.25. The predicted molar refractivity (Wildman–Crippen MR) is 128 cm³/mol. The van der Waals surface area contributed by atoms with E-state index in [-0.39, 0.29) is 12.4 Å². The molecule has 176 valence electrons. The lowest BCUT2D eigenvalue weighted by Gasteiger charge is -2.11. The van der Waals surface area contributed by atoms with Gasteiger partial charge in [-0.2, -0.15) is 5.10 Å². The largest absolute Gasteiger partial charge is 0.497 e. The van der Waals surface area contributed by atoms with Gasteiger partial charge in [0.1, 0.15) is 11.5 Å². The number of carbonyl (C=O) groups excluding carboxylic acids is 2. The van der Waals surface area contributed by atoms with Crippen LogP contribution in [0.4, 0.5) is 0 Å². The first kappa shape index (κ1) is 24.3. The fourth-order valence-corrected chi connectivity index (χ4v) is 3.11. The van der Waals surface area contributed by atoms with E-state index in [4.69, 9.17) is 18.9 Å². The highest BCUT2D eigenvalue weighted by Gasteiger charge is 2.13. The number of esters is 1. The van der Waals surface area contributed by atoms with Crippen LogP contribution in [0.15, 0.2) is 65.8 Å². The van der Waals surface area contributed by atoms with Crippen LogP contribution in [0.5, 0.6) is 23.0 Å². The number of methoxy groups -OCH3 is 2. The van der Waals surface area contributed by atoms with E-state index in [2.05, 4.69) is 10.5 Å². The Morgan fingerprint density at radius 1 is 0.912 bits per heavy atom. The number of hydrogen-bond donors (Lipinski definition) is 1. The van der Waals surface area contributed by atoms with Gasteiger partial charge in [0, 0.05) is 0 Å². The Labute approximate surface area is 198 Å². The number of benzene rings is 3. The van der Waals surface area contributed by atoms with Crippen LogP contribution in [0.25, 0.3) is 0 Å². The maximum atomic E-state index is 12.4. The molecule has 0 aliphatic rings. The van der Waals surface area contributed by atoms with Gasteiger partial charge in [-0.05, 0) is 73.0 Å². The van der Waals surface area contributed by atoms with Gasteiger partial charge in [-0.15, -0.1) is 0 Å². The smallest absolute Gasteiger partial charge is 0.343 e. The number of rotatable bonds is 9. The van der Waals surface area contributed by atoms with Crippen LogP contribution in [-0.2, 0) is 4.79 Å².